The van der Waals surface area contributed by atoms with E-state index in [1.807, 2.05) is 43.3 Å². The Balaban J connectivity index is 1.45. The summed E-state index contributed by atoms with van der Waals surface area (Å²) in [6, 6.07) is 17.4. The average Bonchev–Trinajstić information content (AvgIpc) is 3.34. The molecule has 1 aliphatic heterocycles. The number of rotatable bonds is 6. The first kappa shape index (κ1) is 20.9. The van der Waals surface area contributed by atoms with Crippen LogP contribution in [-0.2, 0) is 9.59 Å². The second kappa shape index (κ2) is 8.81. The number of anilines is 1. The van der Waals surface area contributed by atoms with Crippen LogP contribution >= 0.6 is 0 Å². The topological polar surface area (TPSA) is 101 Å². The molecule has 162 valence electrons. The first-order chi connectivity index (χ1) is 15.4. The fraction of sp³-hybridized carbons (Fsp3) is 0.125. The smallest absolute Gasteiger partial charge is 0.329 e. The van der Waals surface area contributed by atoms with Gasteiger partial charge in [-0.15, -0.1) is 0 Å². The first-order valence-corrected chi connectivity index (χ1v) is 9.88. The molecule has 3 aromatic rings. The van der Waals surface area contributed by atoms with Crippen LogP contribution in [0, 0.1) is 6.92 Å². The number of imide groups is 1. The highest BCUT2D eigenvalue weighted by Gasteiger charge is 2.35. The van der Waals surface area contributed by atoms with Crippen molar-refractivity contribution in [3.8, 4) is 17.1 Å². The number of aryl methyl sites for hydroxylation is 1. The predicted octanol–water partition coefficient (Wildman–Crippen LogP) is 3.80. The van der Waals surface area contributed by atoms with Crippen LogP contribution in [0.2, 0.25) is 0 Å². The largest absolute Gasteiger partial charge is 0.497 e. The van der Waals surface area contributed by atoms with Crippen molar-refractivity contribution in [2.24, 2.45) is 0 Å². The molecule has 0 radical (unpaired) electrons. The van der Waals surface area contributed by atoms with Gasteiger partial charge in [-0.25, -0.2) is 9.69 Å². The molecule has 8 heteroatoms. The number of hydrogen-bond acceptors (Lipinski definition) is 5. The molecule has 0 atom stereocenters. The molecule has 1 aromatic heterocycles. The minimum Gasteiger partial charge on any atom is -0.497 e. The molecule has 4 amide bonds. The number of furan rings is 1. The summed E-state index contributed by atoms with van der Waals surface area (Å²) in [5.74, 6) is 0.587. The second-order valence-electron chi connectivity index (χ2n) is 7.23. The van der Waals surface area contributed by atoms with Crippen molar-refractivity contribution in [3.05, 3.63) is 77.7 Å². The number of nitrogens with zero attached hydrogens (tertiary/aromatic N) is 1. The number of methoxy groups -OCH3 is 1. The van der Waals surface area contributed by atoms with E-state index in [1.54, 1.807) is 31.4 Å². The molecule has 0 bridgehead atoms. The van der Waals surface area contributed by atoms with Crippen molar-refractivity contribution >= 4 is 29.6 Å². The Morgan fingerprint density at radius 1 is 1.12 bits per heavy atom. The van der Waals surface area contributed by atoms with Crippen molar-refractivity contribution < 1.29 is 23.5 Å². The summed E-state index contributed by atoms with van der Waals surface area (Å²) in [6.45, 7) is 1.50. The molecule has 1 saturated heterocycles. The highest BCUT2D eigenvalue weighted by Crippen LogP contribution is 2.27. The highest BCUT2D eigenvalue weighted by molar-refractivity contribution is 6.15. The predicted molar refractivity (Wildman–Crippen MR) is 119 cm³/mol. The second-order valence-corrected chi connectivity index (χ2v) is 7.23. The van der Waals surface area contributed by atoms with Crippen molar-refractivity contribution in [3.63, 3.8) is 0 Å². The monoisotopic (exact) mass is 431 g/mol. The normalized spacial score (nSPS) is 14.6. The van der Waals surface area contributed by atoms with Crippen LogP contribution in [0.25, 0.3) is 17.4 Å². The van der Waals surface area contributed by atoms with Crippen molar-refractivity contribution in [1.82, 2.24) is 10.2 Å². The van der Waals surface area contributed by atoms with Crippen LogP contribution in [0.3, 0.4) is 0 Å². The van der Waals surface area contributed by atoms with Gasteiger partial charge < -0.3 is 19.8 Å². The van der Waals surface area contributed by atoms with Crippen LogP contribution in [0.4, 0.5) is 10.5 Å². The molecular weight excluding hydrogens is 410 g/mol. The van der Waals surface area contributed by atoms with E-state index in [-0.39, 0.29) is 5.70 Å². The quantitative estimate of drug-likeness (QED) is 0.457. The van der Waals surface area contributed by atoms with E-state index in [0.29, 0.717) is 23.0 Å². The maximum absolute atomic E-state index is 12.7. The van der Waals surface area contributed by atoms with Gasteiger partial charge >= 0.3 is 6.03 Å². The van der Waals surface area contributed by atoms with Gasteiger partial charge in [-0.1, -0.05) is 24.3 Å². The highest BCUT2D eigenvalue weighted by atomic mass is 16.5. The lowest BCUT2D eigenvalue weighted by atomic mass is 10.2. The van der Waals surface area contributed by atoms with E-state index in [4.69, 9.17) is 9.15 Å². The maximum atomic E-state index is 12.7. The number of hydrogen-bond donors (Lipinski definition) is 2. The Morgan fingerprint density at radius 3 is 2.72 bits per heavy atom. The molecule has 0 aliphatic carbocycles. The molecule has 1 aliphatic rings. The summed E-state index contributed by atoms with van der Waals surface area (Å²) < 4.78 is 11.0. The number of amides is 4. The molecule has 0 saturated carbocycles. The van der Waals surface area contributed by atoms with E-state index in [0.717, 1.165) is 16.0 Å². The lowest BCUT2D eigenvalue weighted by Gasteiger charge is -2.12. The zero-order valence-corrected chi connectivity index (χ0v) is 17.5. The van der Waals surface area contributed by atoms with Gasteiger partial charge in [0, 0.05) is 17.3 Å². The number of carbonyl (C=O) groups excluding carboxylic acids is 3. The Labute approximate surface area is 184 Å². The molecular formula is C24H21N3O5. The molecule has 2 N–H and O–H groups in total. The summed E-state index contributed by atoms with van der Waals surface area (Å²) in [5.41, 5.74) is 2.42. The first-order valence-electron chi connectivity index (χ1n) is 9.88. The van der Waals surface area contributed by atoms with Crippen molar-refractivity contribution in [2.45, 2.75) is 6.92 Å². The number of carbonyl (C=O) groups is 3. The molecule has 4 rings (SSSR count). The van der Waals surface area contributed by atoms with Crippen molar-refractivity contribution in [2.75, 3.05) is 19.0 Å². The van der Waals surface area contributed by atoms with Crippen LogP contribution in [0.5, 0.6) is 5.75 Å². The molecule has 8 nitrogen and oxygen atoms in total. The Bertz CT molecular complexity index is 1230. The fourth-order valence-electron chi connectivity index (χ4n) is 3.29. The number of ether oxygens (including phenoxy) is 1. The zero-order valence-electron chi connectivity index (χ0n) is 17.5. The van der Waals surface area contributed by atoms with Gasteiger partial charge in [-0.2, -0.15) is 0 Å². The fourth-order valence-corrected chi connectivity index (χ4v) is 3.29. The molecule has 0 unspecified atom stereocenters. The third kappa shape index (κ3) is 4.54. The molecule has 1 fully saturated rings. The van der Waals surface area contributed by atoms with Gasteiger partial charge in [0.2, 0.25) is 5.91 Å². The van der Waals surface area contributed by atoms with Gasteiger partial charge in [0.1, 0.15) is 29.5 Å². The van der Waals surface area contributed by atoms with Crippen molar-refractivity contribution in [1.29, 1.82) is 0 Å². The van der Waals surface area contributed by atoms with E-state index >= 15 is 0 Å². The summed E-state index contributed by atoms with van der Waals surface area (Å²) in [6.07, 6.45) is 1.43. The number of benzene rings is 2. The summed E-state index contributed by atoms with van der Waals surface area (Å²) in [7, 11) is 1.58. The van der Waals surface area contributed by atoms with Crippen LogP contribution in [-0.4, -0.2) is 36.4 Å². The van der Waals surface area contributed by atoms with E-state index in [2.05, 4.69) is 10.6 Å². The molecule has 32 heavy (non-hydrogen) atoms. The Hall–Kier alpha value is -4.33. The lowest BCUT2D eigenvalue weighted by molar-refractivity contribution is -0.127. The Kier molecular flexibility index (Phi) is 5.76. The third-order valence-electron chi connectivity index (χ3n) is 4.83. The number of nitrogens with one attached hydrogen (secondary N) is 2. The molecule has 0 spiro atoms. The summed E-state index contributed by atoms with van der Waals surface area (Å²) in [4.78, 5) is 38.1. The van der Waals surface area contributed by atoms with Crippen LogP contribution < -0.4 is 15.4 Å². The van der Waals surface area contributed by atoms with E-state index < -0.39 is 24.4 Å². The maximum Gasteiger partial charge on any atom is 0.329 e. The van der Waals surface area contributed by atoms with Crippen LogP contribution in [0.1, 0.15) is 11.3 Å². The van der Waals surface area contributed by atoms with E-state index in [9.17, 15) is 14.4 Å². The van der Waals surface area contributed by atoms with Crippen LogP contribution in [0.15, 0.2) is 70.8 Å². The van der Waals surface area contributed by atoms with E-state index in [1.165, 1.54) is 6.08 Å². The van der Waals surface area contributed by atoms with Gasteiger partial charge in [0.15, 0.2) is 0 Å². The third-order valence-corrected chi connectivity index (χ3v) is 4.83. The lowest BCUT2D eigenvalue weighted by Crippen LogP contribution is -2.38. The van der Waals surface area contributed by atoms with Gasteiger partial charge in [0.05, 0.1) is 7.11 Å². The minimum atomic E-state index is -0.666. The average molecular weight is 431 g/mol. The van der Waals surface area contributed by atoms with Gasteiger partial charge in [-0.3, -0.25) is 9.59 Å². The zero-order chi connectivity index (χ0) is 22.7. The Morgan fingerprint density at radius 2 is 1.94 bits per heavy atom. The summed E-state index contributed by atoms with van der Waals surface area (Å²) in [5, 5.41) is 5.17. The summed E-state index contributed by atoms with van der Waals surface area (Å²) >= 11 is 0. The van der Waals surface area contributed by atoms with Gasteiger partial charge in [-0.05, 0) is 48.9 Å². The van der Waals surface area contributed by atoms with Gasteiger partial charge in [0.25, 0.3) is 5.91 Å². The standard InChI is InChI=1S/C24H21N3O5/c1-15-5-3-7-17(11-15)25-22(28)14-27-23(29)20(26-24(27)30)13-19-9-10-21(32-19)16-6-4-8-18(12-16)31-2/h3-13H,14H2,1-2H3,(H,25,28)(H,26,30). The molecule has 2 heterocycles. The number of urea groups is 1. The minimum absolute atomic E-state index is 0.0323. The SMILES string of the molecule is COc1cccc(-c2ccc(C=C3NC(=O)N(CC(=O)Nc4cccc(C)c4)C3=O)o2)c1. The molecule has 2 aromatic carbocycles.